The van der Waals surface area contributed by atoms with E-state index in [1.807, 2.05) is 56.5 Å². The smallest absolute Gasteiger partial charge is 0.159 e. The molecule has 3 nitrogen and oxygen atoms in total. The number of benzene rings is 1. The number of hydrogen-bond acceptors (Lipinski definition) is 2. The minimum Gasteiger partial charge on any atom is -0.489 e. The first kappa shape index (κ1) is 18.2. The summed E-state index contributed by atoms with van der Waals surface area (Å²) in [6, 6.07) is 7.60. The molecule has 132 valence electrons. The molecule has 6 heteroatoms. The fourth-order valence-electron chi connectivity index (χ4n) is 2.94. The average molecular weight is 426 g/mol. The molecule has 0 aliphatic heterocycles. The molecular weight excluding hydrogens is 407 g/mol. The molecule has 0 saturated heterocycles. The van der Waals surface area contributed by atoms with Gasteiger partial charge in [0.25, 0.3) is 0 Å². The van der Waals surface area contributed by atoms with Crippen LogP contribution in [0, 0.1) is 12.7 Å². The summed E-state index contributed by atoms with van der Waals surface area (Å²) >= 11 is 9.39. The summed E-state index contributed by atoms with van der Waals surface area (Å²) in [5.74, 6) is 0.676. The van der Waals surface area contributed by atoms with E-state index in [1.165, 1.54) is 0 Å². The zero-order valence-corrected chi connectivity index (χ0v) is 16.8. The number of pyridine rings is 1. The third-order valence-electron chi connectivity index (χ3n) is 4.11. The van der Waals surface area contributed by atoms with Crippen LogP contribution in [0.4, 0.5) is 4.39 Å². The molecule has 0 spiro atoms. The van der Waals surface area contributed by atoms with Crippen LogP contribution in [0.25, 0.3) is 5.52 Å². The van der Waals surface area contributed by atoms with Gasteiger partial charge in [-0.2, -0.15) is 0 Å². The zero-order valence-electron chi connectivity index (χ0n) is 14.5. The van der Waals surface area contributed by atoms with E-state index in [2.05, 4.69) is 15.9 Å². The normalized spacial score (nSPS) is 12.8. The Morgan fingerprint density at radius 2 is 2.00 bits per heavy atom. The molecule has 0 radical (unpaired) electrons. The lowest BCUT2D eigenvalue weighted by Gasteiger charge is -2.21. The highest BCUT2D eigenvalue weighted by molar-refractivity contribution is 9.10. The Balaban J connectivity index is 2.20. The fraction of sp³-hybridized carbons (Fsp3) is 0.316. The summed E-state index contributed by atoms with van der Waals surface area (Å²) in [6.07, 6.45) is 1.88. The standard InChI is InChI=1S/C19H19BrClFN2O/c1-10(2)25-18-13(9-14(21)17(22)16(18)20)11(3)19-23-12(4)15-7-5-6-8-24(15)19/h5-11H,1-4H3. The molecule has 0 bridgehead atoms. The number of aromatic nitrogens is 2. The van der Waals surface area contributed by atoms with E-state index in [-0.39, 0.29) is 21.5 Å². The molecule has 0 N–H and O–H groups in total. The Morgan fingerprint density at radius 1 is 1.28 bits per heavy atom. The lowest BCUT2D eigenvalue weighted by atomic mass is 9.99. The Morgan fingerprint density at radius 3 is 2.68 bits per heavy atom. The van der Waals surface area contributed by atoms with Crippen LogP contribution in [0.2, 0.25) is 5.02 Å². The second-order valence-corrected chi connectivity index (χ2v) is 7.50. The number of halogens is 3. The number of fused-ring (bicyclic) bond motifs is 1. The number of ether oxygens (including phenoxy) is 1. The van der Waals surface area contributed by atoms with Crippen molar-refractivity contribution in [2.75, 3.05) is 0 Å². The molecule has 3 aromatic rings. The number of rotatable bonds is 4. The van der Waals surface area contributed by atoms with Gasteiger partial charge in [-0.05, 0) is 54.9 Å². The molecule has 3 rings (SSSR count). The maximum Gasteiger partial charge on any atom is 0.159 e. The summed E-state index contributed by atoms with van der Waals surface area (Å²) in [5, 5.41) is 0.0578. The number of hydrogen-bond donors (Lipinski definition) is 0. The lowest BCUT2D eigenvalue weighted by molar-refractivity contribution is 0.236. The van der Waals surface area contributed by atoms with Gasteiger partial charge in [-0.1, -0.05) is 24.6 Å². The largest absolute Gasteiger partial charge is 0.489 e. The summed E-state index contributed by atoms with van der Waals surface area (Å²) in [6.45, 7) is 7.81. The predicted octanol–water partition coefficient (Wildman–Crippen LogP) is 6.14. The van der Waals surface area contributed by atoms with Gasteiger partial charge in [0.1, 0.15) is 11.6 Å². The molecule has 0 amide bonds. The van der Waals surface area contributed by atoms with Crippen molar-refractivity contribution in [2.24, 2.45) is 0 Å². The predicted molar refractivity (Wildman–Crippen MR) is 102 cm³/mol. The van der Waals surface area contributed by atoms with Crippen LogP contribution < -0.4 is 4.74 Å². The van der Waals surface area contributed by atoms with Crippen LogP contribution in [-0.2, 0) is 0 Å². The average Bonchev–Trinajstić information content (AvgIpc) is 2.92. The van der Waals surface area contributed by atoms with Gasteiger partial charge in [0.15, 0.2) is 5.82 Å². The van der Waals surface area contributed by atoms with Crippen LogP contribution in [0.3, 0.4) is 0 Å². The van der Waals surface area contributed by atoms with Gasteiger partial charge in [0.05, 0.1) is 26.8 Å². The van der Waals surface area contributed by atoms with E-state index in [0.717, 1.165) is 22.6 Å². The Labute approximate surface area is 159 Å². The molecule has 2 heterocycles. The molecule has 1 aromatic carbocycles. The Hall–Kier alpha value is -1.59. The van der Waals surface area contributed by atoms with E-state index >= 15 is 0 Å². The van der Waals surface area contributed by atoms with Crippen molar-refractivity contribution in [2.45, 2.75) is 39.7 Å². The van der Waals surface area contributed by atoms with Crippen LogP contribution in [0.1, 0.15) is 43.8 Å². The van der Waals surface area contributed by atoms with Crippen molar-refractivity contribution < 1.29 is 9.13 Å². The van der Waals surface area contributed by atoms with Crippen LogP contribution in [0.15, 0.2) is 34.9 Å². The van der Waals surface area contributed by atoms with Gasteiger partial charge < -0.3 is 9.14 Å². The molecule has 0 saturated carbocycles. The Kier molecular flexibility index (Phi) is 5.07. The number of imidazole rings is 1. The third kappa shape index (κ3) is 3.27. The molecule has 0 aliphatic rings. The minimum atomic E-state index is -0.516. The Bertz CT molecular complexity index is 939. The summed E-state index contributed by atoms with van der Waals surface area (Å²) in [5.41, 5.74) is 2.78. The van der Waals surface area contributed by atoms with Gasteiger partial charge in [0.2, 0.25) is 0 Å². The van der Waals surface area contributed by atoms with Crippen LogP contribution >= 0.6 is 27.5 Å². The van der Waals surface area contributed by atoms with Gasteiger partial charge in [0, 0.05) is 17.7 Å². The first-order chi connectivity index (χ1) is 11.8. The van der Waals surface area contributed by atoms with Gasteiger partial charge in [-0.15, -0.1) is 0 Å². The highest BCUT2D eigenvalue weighted by Gasteiger charge is 2.25. The van der Waals surface area contributed by atoms with Crippen molar-refractivity contribution in [1.29, 1.82) is 0 Å². The first-order valence-corrected chi connectivity index (χ1v) is 9.26. The van der Waals surface area contributed by atoms with E-state index in [4.69, 9.17) is 21.3 Å². The monoisotopic (exact) mass is 424 g/mol. The lowest BCUT2D eigenvalue weighted by Crippen LogP contribution is -2.12. The summed E-state index contributed by atoms with van der Waals surface area (Å²) in [7, 11) is 0. The summed E-state index contributed by atoms with van der Waals surface area (Å²) in [4.78, 5) is 4.72. The maximum atomic E-state index is 14.3. The van der Waals surface area contributed by atoms with Crippen LogP contribution in [-0.4, -0.2) is 15.5 Å². The SMILES string of the molecule is Cc1nc(C(C)c2cc(Cl)c(F)c(Br)c2OC(C)C)n2ccccc12. The topological polar surface area (TPSA) is 26.5 Å². The quantitative estimate of drug-likeness (QED) is 0.470. The highest BCUT2D eigenvalue weighted by Crippen LogP contribution is 2.42. The second-order valence-electron chi connectivity index (χ2n) is 6.30. The van der Waals surface area contributed by atoms with E-state index in [0.29, 0.717) is 5.75 Å². The van der Waals surface area contributed by atoms with E-state index < -0.39 is 5.82 Å². The van der Waals surface area contributed by atoms with E-state index in [9.17, 15) is 4.39 Å². The number of aryl methyl sites for hydroxylation is 1. The summed E-state index contributed by atoms with van der Waals surface area (Å²) < 4.78 is 22.4. The molecule has 2 aromatic heterocycles. The van der Waals surface area contributed by atoms with Crippen LogP contribution in [0.5, 0.6) is 5.75 Å². The molecule has 1 atom stereocenters. The van der Waals surface area contributed by atoms with E-state index in [1.54, 1.807) is 6.07 Å². The third-order valence-corrected chi connectivity index (χ3v) is 5.10. The zero-order chi connectivity index (χ0) is 18.3. The van der Waals surface area contributed by atoms with Crippen molar-refractivity contribution in [3.63, 3.8) is 0 Å². The van der Waals surface area contributed by atoms with Crippen molar-refractivity contribution in [3.05, 3.63) is 62.9 Å². The fourth-order valence-corrected chi connectivity index (χ4v) is 3.80. The van der Waals surface area contributed by atoms with Gasteiger partial charge in [-0.25, -0.2) is 9.37 Å². The maximum absolute atomic E-state index is 14.3. The van der Waals surface area contributed by atoms with Crippen molar-refractivity contribution in [1.82, 2.24) is 9.38 Å². The first-order valence-electron chi connectivity index (χ1n) is 8.08. The highest BCUT2D eigenvalue weighted by atomic mass is 79.9. The molecule has 0 aliphatic carbocycles. The minimum absolute atomic E-state index is 0.0578. The van der Waals surface area contributed by atoms with Gasteiger partial charge >= 0.3 is 0 Å². The molecule has 1 unspecified atom stereocenters. The molecule has 25 heavy (non-hydrogen) atoms. The van der Waals surface area contributed by atoms with Crippen molar-refractivity contribution >= 4 is 33.0 Å². The molecular formula is C19H19BrClFN2O. The second kappa shape index (κ2) is 6.96. The molecule has 0 fully saturated rings. The van der Waals surface area contributed by atoms with Gasteiger partial charge in [-0.3, -0.25) is 0 Å². The number of nitrogens with zero attached hydrogens (tertiary/aromatic N) is 2. The van der Waals surface area contributed by atoms with Crippen molar-refractivity contribution in [3.8, 4) is 5.75 Å².